The molecule has 4 heteroatoms. The van der Waals surface area contributed by atoms with Crippen molar-refractivity contribution in [1.82, 2.24) is 4.48 Å². The van der Waals surface area contributed by atoms with Gasteiger partial charge < -0.3 is 0 Å². The molecule has 2 aliphatic heterocycles. The van der Waals surface area contributed by atoms with E-state index >= 15 is 0 Å². The van der Waals surface area contributed by atoms with E-state index in [1.807, 2.05) is 43.0 Å². The Morgan fingerprint density at radius 2 is 1.79 bits per heavy atom. The minimum atomic E-state index is 0.0784. The molecule has 3 nitrogen and oxygen atoms in total. The summed E-state index contributed by atoms with van der Waals surface area (Å²) in [5.41, 5.74) is 5.37. The Bertz CT molecular complexity index is 919. The Kier molecular flexibility index (Phi) is 3.27. The maximum atomic E-state index is 6.54. The number of rotatable bonds is 1. The quantitative estimate of drug-likeness (QED) is 0.581. The van der Waals surface area contributed by atoms with Crippen LogP contribution in [0, 0.1) is 0 Å². The van der Waals surface area contributed by atoms with Crippen molar-refractivity contribution >= 4 is 41.2 Å². The number of hydrogen-bond donors (Lipinski definition) is 0. The Morgan fingerprint density at radius 3 is 2.54 bits per heavy atom. The fourth-order valence-electron chi connectivity index (χ4n) is 3.29. The van der Waals surface area contributed by atoms with Crippen LogP contribution in [-0.4, -0.2) is 12.6 Å². The summed E-state index contributed by atoms with van der Waals surface area (Å²) in [5.74, 6) is 0. The molecule has 0 radical (unpaired) electrons. The second-order valence-corrected chi connectivity index (χ2v) is 7.61. The first-order valence-electron chi connectivity index (χ1n) is 8.01. The van der Waals surface area contributed by atoms with Crippen LogP contribution >= 0.6 is 11.6 Å². The van der Waals surface area contributed by atoms with Gasteiger partial charge in [0.2, 0.25) is 6.34 Å². The van der Waals surface area contributed by atoms with Gasteiger partial charge >= 0.3 is 0 Å². The van der Waals surface area contributed by atoms with Crippen molar-refractivity contribution in [2.75, 3.05) is 0 Å². The second kappa shape index (κ2) is 5.13. The molecule has 4 rings (SSSR count). The Morgan fingerprint density at radius 1 is 1.00 bits per heavy atom. The summed E-state index contributed by atoms with van der Waals surface area (Å²) in [6.45, 7) is 6.63. The summed E-state index contributed by atoms with van der Waals surface area (Å²) in [4.78, 5) is 9.10. The predicted molar refractivity (Wildman–Crippen MR) is 103 cm³/mol. The predicted octanol–water partition coefficient (Wildman–Crippen LogP) is 5.88. The van der Waals surface area contributed by atoms with E-state index in [2.05, 4.69) is 49.0 Å². The molecule has 0 bridgehead atoms. The minimum Gasteiger partial charge on any atom is -0.244 e. The van der Waals surface area contributed by atoms with Crippen molar-refractivity contribution in [1.29, 1.82) is 0 Å². The third kappa shape index (κ3) is 2.09. The van der Waals surface area contributed by atoms with Crippen LogP contribution < -0.4 is 4.48 Å². The molecule has 0 aliphatic carbocycles. The lowest BCUT2D eigenvalue weighted by Gasteiger charge is -2.34. The van der Waals surface area contributed by atoms with Crippen LogP contribution in [-0.2, 0) is 5.41 Å². The van der Waals surface area contributed by atoms with E-state index in [1.165, 1.54) is 5.56 Å². The van der Waals surface area contributed by atoms with Crippen molar-refractivity contribution in [2.45, 2.75) is 26.2 Å². The van der Waals surface area contributed by atoms with Crippen LogP contribution in [0.4, 0.5) is 17.1 Å². The normalized spacial score (nSPS) is 21.4. The number of halogens is 1. The Labute approximate surface area is 147 Å². The third-order valence-electron chi connectivity index (χ3n) is 4.64. The van der Waals surface area contributed by atoms with E-state index in [1.54, 1.807) is 0 Å². The van der Waals surface area contributed by atoms with Gasteiger partial charge in [0.05, 0.1) is 12.4 Å². The highest BCUT2D eigenvalue weighted by Gasteiger charge is 2.45. The third-order valence-corrected chi connectivity index (χ3v) is 4.96. The molecule has 2 aliphatic rings. The first-order valence-corrected chi connectivity index (χ1v) is 8.39. The molecule has 0 spiro atoms. The molecule has 0 aromatic heterocycles. The first-order chi connectivity index (χ1) is 11.4. The number of hydrogen-bond acceptors (Lipinski definition) is 2. The van der Waals surface area contributed by atoms with E-state index in [-0.39, 0.29) is 5.41 Å². The summed E-state index contributed by atoms with van der Waals surface area (Å²) in [5, 5.41) is 0.720. The molecule has 24 heavy (non-hydrogen) atoms. The van der Waals surface area contributed by atoms with E-state index in [4.69, 9.17) is 11.6 Å². The van der Waals surface area contributed by atoms with Crippen LogP contribution in [0.2, 0.25) is 5.02 Å². The first kappa shape index (κ1) is 15.3. The lowest BCUT2D eigenvalue weighted by atomic mass is 9.86. The summed E-state index contributed by atoms with van der Waals surface area (Å²) >= 11 is 6.54. The lowest BCUT2D eigenvalue weighted by Crippen LogP contribution is -2.42. The molecule has 120 valence electrons. The number of benzene rings is 2. The molecule has 0 amide bonds. The number of allylic oxidation sites excluding steroid dienone is 1. The van der Waals surface area contributed by atoms with E-state index in [0.717, 1.165) is 27.8 Å². The van der Waals surface area contributed by atoms with E-state index < -0.39 is 0 Å². The van der Waals surface area contributed by atoms with Crippen molar-refractivity contribution in [3.63, 3.8) is 0 Å². The highest BCUT2D eigenvalue weighted by atomic mass is 35.5. The van der Waals surface area contributed by atoms with Gasteiger partial charge in [-0.25, -0.2) is 9.98 Å². The molecule has 0 saturated heterocycles. The van der Waals surface area contributed by atoms with Gasteiger partial charge in [-0.2, -0.15) is 4.48 Å². The summed E-state index contributed by atoms with van der Waals surface area (Å²) < 4.78 is 0.392. The number of fused-ring (bicyclic) bond motifs is 3. The average Bonchev–Trinajstić information content (AvgIpc) is 2.99. The summed E-state index contributed by atoms with van der Waals surface area (Å²) in [6, 6.07) is 14.4. The van der Waals surface area contributed by atoms with Crippen molar-refractivity contribution < 1.29 is 0 Å². The Balaban J connectivity index is 1.99. The molecular weight excluding hydrogens is 318 g/mol. The lowest BCUT2D eigenvalue weighted by molar-refractivity contribution is 0.589. The number of nitrogens with zero attached hydrogens (tertiary/aromatic N) is 3. The van der Waals surface area contributed by atoms with E-state index in [9.17, 15) is 0 Å². The molecular formula is C20H19ClN3+. The van der Waals surface area contributed by atoms with Gasteiger partial charge in [-0.3, -0.25) is 0 Å². The number of quaternary nitrogens is 1. The van der Waals surface area contributed by atoms with Crippen LogP contribution in [0.1, 0.15) is 26.3 Å². The Hall–Kier alpha value is -2.23. The fraction of sp³-hybridized carbons (Fsp3) is 0.200. The largest absolute Gasteiger partial charge is 0.244 e. The van der Waals surface area contributed by atoms with Crippen LogP contribution in [0.15, 0.2) is 64.3 Å². The number of aliphatic imine (C=N–C) groups is 2. The van der Waals surface area contributed by atoms with Crippen molar-refractivity contribution in [3.8, 4) is 0 Å². The second-order valence-electron chi connectivity index (χ2n) is 7.20. The maximum Gasteiger partial charge on any atom is 0.205 e. The van der Waals surface area contributed by atoms with Gasteiger partial charge in [-0.1, -0.05) is 50.6 Å². The molecule has 2 aromatic rings. The smallest absolute Gasteiger partial charge is 0.205 e. The maximum absolute atomic E-state index is 6.54. The number of para-hydroxylation sites is 1. The molecule has 0 saturated carbocycles. The topological polar surface area (TPSA) is 24.7 Å². The van der Waals surface area contributed by atoms with E-state index in [0.29, 0.717) is 4.48 Å². The molecule has 2 heterocycles. The van der Waals surface area contributed by atoms with Crippen molar-refractivity contribution in [2.24, 2.45) is 9.98 Å². The minimum absolute atomic E-state index is 0.0784. The monoisotopic (exact) mass is 336 g/mol. The average molecular weight is 337 g/mol. The van der Waals surface area contributed by atoms with Gasteiger partial charge in [0.1, 0.15) is 10.7 Å². The zero-order valence-electron chi connectivity index (χ0n) is 14.0. The SMILES string of the molecule is CC(C)(C)c1ccc2c(c1)N=CC1=CN=C[N+]12c1ccccc1Cl. The van der Waals surface area contributed by atoms with Gasteiger partial charge in [0.15, 0.2) is 17.1 Å². The van der Waals surface area contributed by atoms with Crippen molar-refractivity contribution in [3.05, 3.63) is 64.9 Å². The highest BCUT2D eigenvalue weighted by molar-refractivity contribution is 6.34. The zero-order chi connectivity index (χ0) is 16.9. The van der Waals surface area contributed by atoms with Gasteiger partial charge in [0.25, 0.3) is 0 Å². The van der Waals surface area contributed by atoms with Crippen LogP contribution in [0.5, 0.6) is 0 Å². The van der Waals surface area contributed by atoms with Gasteiger partial charge in [-0.05, 0) is 23.1 Å². The summed E-state index contributed by atoms with van der Waals surface area (Å²) in [7, 11) is 0. The molecule has 1 unspecified atom stereocenters. The molecule has 1 atom stereocenters. The molecule has 2 aromatic carbocycles. The standard InChI is InChI=1S/C20H19ClN3/c1-20(2,3)14-8-9-19-17(10-14)23-12-15-11-22-13-24(15,19)18-7-5-4-6-16(18)21/h4-13H,1-3H3/q+1. The molecule has 0 fully saturated rings. The highest BCUT2D eigenvalue weighted by Crippen LogP contribution is 2.50. The van der Waals surface area contributed by atoms with Crippen LogP contribution in [0.25, 0.3) is 0 Å². The summed E-state index contributed by atoms with van der Waals surface area (Å²) in [6.07, 6.45) is 5.68. The molecule has 0 N–H and O–H groups in total. The zero-order valence-corrected chi connectivity index (χ0v) is 14.7. The van der Waals surface area contributed by atoms with Gasteiger partial charge in [0, 0.05) is 12.1 Å². The van der Waals surface area contributed by atoms with Gasteiger partial charge in [-0.15, -0.1) is 0 Å². The fourth-order valence-corrected chi connectivity index (χ4v) is 3.56. The van der Waals surface area contributed by atoms with Crippen LogP contribution in [0.3, 0.4) is 0 Å².